The summed E-state index contributed by atoms with van der Waals surface area (Å²) in [6, 6.07) is 6.53. The molecular formula is C17H28Cl2N4O3S. The molecule has 7 nitrogen and oxygen atoms in total. The molecule has 4 N–H and O–H groups in total. The highest BCUT2D eigenvalue weighted by molar-refractivity contribution is 7.89. The van der Waals surface area contributed by atoms with Crippen molar-refractivity contribution < 1.29 is 13.2 Å². The summed E-state index contributed by atoms with van der Waals surface area (Å²) >= 11 is 0. The number of halogens is 2. The topological polar surface area (TPSA) is 110 Å². The normalized spacial score (nSPS) is 19.6. The van der Waals surface area contributed by atoms with E-state index in [9.17, 15) is 13.2 Å². The number of benzene rings is 1. The lowest BCUT2D eigenvalue weighted by Gasteiger charge is -2.41. The predicted octanol–water partition coefficient (Wildman–Crippen LogP) is 1.49. The van der Waals surface area contributed by atoms with Gasteiger partial charge >= 0.3 is 0 Å². The van der Waals surface area contributed by atoms with Gasteiger partial charge in [0.25, 0.3) is 0 Å². The van der Waals surface area contributed by atoms with Crippen LogP contribution in [0.1, 0.15) is 32.1 Å². The maximum Gasteiger partial charge on any atom is 0.242 e. The highest BCUT2D eigenvalue weighted by Crippen LogP contribution is 2.28. The molecule has 1 heterocycles. The Bertz CT molecular complexity index is 729. The van der Waals surface area contributed by atoms with Crippen LogP contribution in [0.25, 0.3) is 0 Å². The van der Waals surface area contributed by atoms with Crippen LogP contribution in [0.15, 0.2) is 29.2 Å². The highest BCUT2D eigenvalue weighted by Gasteiger charge is 2.39. The first kappa shape index (κ1) is 24.0. The zero-order valence-electron chi connectivity index (χ0n) is 15.2. The molecule has 0 atom stereocenters. The van der Waals surface area contributed by atoms with E-state index in [-0.39, 0.29) is 35.6 Å². The smallest absolute Gasteiger partial charge is 0.242 e. The number of nitrogens with zero attached hydrogens (tertiary/aromatic N) is 2. The van der Waals surface area contributed by atoms with Gasteiger partial charge in [-0.2, -0.15) is 0 Å². The fourth-order valence-electron chi connectivity index (χ4n) is 3.73. The Morgan fingerprint density at radius 3 is 1.93 bits per heavy atom. The summed E-state index contributed by atoms with van der Waals surface area (Å²) in [7, 11) is -3.67. The van der Waals surface area contributed by atoms with E-state index in [1.54, 1.807) is 12.1 Å². The summed E-state index contributed by atoms with van der Waals surface area (Å²) in [6.07, 6.45) is 4.77. The second-order valence-electron chi connectivity index (χ2n) is 7.03. The van der Waals surface area contributed by atoms with Crippen molar-refractivity contribution in [2.45, 2.75) is 42.5 Å². The summed E-state index contributed by atoms with van der Waals surface area (Å²) in [5, 5.41) is 5.12. The standard InChI is InChI=1S/C17H26N4O3S.2ClH/c18-17(8-2-1-3-9-17)16(22)21-12-10-20(11-13-21)14-4-6-15(7-5-14)25(19,23)24;;/h4-7H,1-3,8-13,18H2,(H2,19,23,24);2*1H. The zero-order chi connectivity index (χ0) is 18.1. The first-order valence-corrected chi connectivity index (χ1v) is 10.3. The van der Waals surface area contributed by atoms with Crippen LogP contribution in [0.2, 0.25) is 0 Å². The number of hydrogen-bond acceptors (Lipinski definition) is 5. The molecule has 1 saturated carbocycles. The summed E-state index contributed by atoms with van der Waals surface area (Å²) in [6.45, 7) is 2.68. The van der Waals surface area contributed by atoms with Crippen molar-refractivity contribution in [2.24, 2.45) is 10.9 Å². The lowest BCUT2D eigenvalue weighted by Crippen LogP contribution is -2.60. The fourth-order valence-corrected chi connectivity index (χ4v) is 4.24. The molecule has 1 aromatic carbocycles. The molecule has 1 aromatic rings. The maximum absolute atomic E-state index is 12.8. The Morgan fingerprint density at radius 1 is 0.926 bits per heavy atom. The van der Waals surface area contributed by atoms with Gasteiger partial charge in [0.15, 0.2) is 0 Å². The van der Waals surface area contributed by atoms with Crippen molar-refractivity contribution in [3.63, 3.8) is 0 Å². The van der Waals surface area contributed by atoms with Crippen molar-refractivity contribution in [2.75, 3.05) is 31.1 Å². The number of rotatable bonds is 3. The number of primary sulfonamides is 1. The van der Waals surface area contributed by atoms with Gasteiger partial charge in [0.1, 0.15) is 0 Å². The number of hydrogen-bond donors (Lipinski definition) is 2. The Morgan fingerprint density at radius 2 is 1.44 bits per heavy atom. The van der Waals surface area contributed by atoms with E-state index in [4.69, 9.17) is 10.9 Å². The SMILES string of the molecule is Cl.Cl.NC1(C(=O)N2CCN(c3ccc(S(N)(=O)=O)cc3)CC2)CCCCC1. The van der Waals surface area contributed by atoms with Gasteiger partial charge in [-0.1, -0.05) is 19.3 Å². The lowest BCUT2D eigenvalue weighted by atomic mass is 9.81. The van der Waals surface area contributed by atoms with Crippen LogP contribution in [0.5, 0.6) is 0 Å². The van der Waals surface area contributed by atoms with Crippen molar-refractivity contribution in [3.05, 3.63) is 24.3 Å². The number of piperazine rings is 1. The van der Waals surface area contributed by atoms with Crippen LogP contribution in [0.3, 0.4) is 0 Å². The van der Waals surface area contributed by atoms with Crippen molar-refractivity contribution in [1.29, 1.82) is 0 Å². The van der Waals surface area contributed by atoms with E-state index in [1.165, 1.54) is 12.1 Å². The third-order valence-electron chi connectivity index (χ3n) is 5.27. The minimum Gasteiger partial charge on any atom is -0.368 e. The summed E-state index contributed by atoms with van der Waals surface area (Å²) in [5.41, 5.74) is 6.61. The molecule has 0 unspecified atom stereocenters. The molecule has 1 amide bonds. The van der Waals surface area contributed by atoms with Gasteiger partial charge in [0.05, 0.1) is 10.4 Å². The largest absolute Gasteiger partial charge is 0.368 e. The van der Waals surface area contributed by atoms with E-state index in [0.29, 0.717) is 26.2 Å². The highest BCUT2D eigenvalue weighted by atomic mass is 35.5. The molecule has 2 aliphatic rings. The Labute approximate surface area is 173 Å². The van der Waals surface area contributed by atoms with Gasteiger partial charge in [-0.3, -0.25) is 4.79 Å². The second-order valence-corrected chi connectivity index (χ2v) is 8.60. The van der Waals surface area contributed by atoms with E-state index >= 15 is 0 Å². The van der Waals surface area contributed by atoms with Gasteiger partial charge in [0.2, 0.25) is 15.9 Å². The molecule has 154 valence electrons. The molecule has 27 heavy (non-hydrogen) atoms. The molecule has 10 heteroatoms. The number of carbonyl (C=O) groups is 1. The number of amides is 1. The second kappa shape index (κ2) is 9.43. The molecule has 0 bridgehead atoms. The van der Waals surface area contributed by atoms with Crippen LogP contribution < -0.4 is 15.8 Å². The quantitative estimate of drug-likeness (QED) is 0.742. The minimum absolute atomic E-state index is 0. The number of anilines is 1. The summed E-state index contributed by atoms with van der Waals surface area (Å²) in [4.78, 5) is 16.9. The lowest BCUT2D eigenvalue weighted by molar-refractivity contribution is -0.138. The maximum atomic E-state index is 12.8. The average molecular weight is 439 g/mol. The van der Waals surface area contributed by atoms with E-state index < -0.39 is 15.6 Å². The molecule has 0 radical (unpaired) electrons. The third-order valence-corrected chi connectivity index (χ3v) is 6.20. The molecule has 0 spiro atoms. The van der Waals surface area contributed by atoms with Gasteiger partial charge in [-0.15, -0.1) is 24.8 Å². The van der Waals surface area contributed by atoms with Crippen LogP contribution in [-0.2, 0) is 14.8 Å². The third kappa shape index (κ3) is 5.48. The van der Waals surface area contributed by atoms with Gasteiger partial charge in [0, 0.05) is 31.9 Å². The average Bonchev–Trinajstić information content (AvgIpc) is 2.61. The molecule has 2 fully saturated rings. The predicted molar refractivity (Wildman–Crippen MR) is 111 cm³/mol. The van der Waals surface area contributed by atoms with Crippen LogP contribution in [0.4, 0.5) is 5.69 Å². The Kier molecular flexibility index (Phi) is 8.37. The van der Waals surface area contributed by atoms with Crippen LogP contribution in [-0.4, -0.2) is 50.9 Å². The monoisotopic (exact) mass is 438 g/mol. The van der Waals surface area contributed by atoms with Crippen molar-refractivity contribution >= 4 is 46.4 Å². The first-order chi connectivity index (χ1) is 11.8. The zero-order valence-corrected chi connectivity index (χ0v) is 17.6. The van der Waals surface area contributed by atoms with E-state index in [0.717, 1.165) is 37.8 Å². The fraction of sp³-hybridized carbons (Fsp3) is 0.588. The molecule has 3 rings (SSSR count). The van der Waals surface area contributed by atoms with Gasteiger partial charge in [-0.05, 0) is 37.1 Å². The first-order valence-electron chi connectivity index (χ1n) is 8.76. The van der Waals surface area contributed by atoms with Gasteiger partial charge in [-0.25, -0.2) is 13.6 Å². The molecular weight excluding hydrogens is 411 g/mol. The molecule has 1 saturated heterocycles. The van der Waals surface area contributed by atoms with Crippen LogP contribution >= 0.6 is 24.8 Å². The van der Waals surface area contributed by atoms with E-state index in [1.807, 2.05) is 4.90 Å². The van der Waals surface area contributed by atoms with Crippen molar-refractivity contribution in [3.8, 4) is 0 Å². The molecule has 1 aliphatic heterocycles. The number of sulfonamides is 1. The summed E-state index contributed by atoms with van der Waals surface area (Å²) in [5.74, 6) is 0.0800. The minimum atomic E-state index is -3.67. The van der Waals surface area contributed by atoms with Crippen LogP contribution in [0, 0.1) is 0 Å². The molecule has 1 aliphatic carbocycles. The Balaban J connectivity index is 0.00000182. The van der Waals surface area contributed by atoms with E-state index in [2.05, 4.69) is 4.90 Å². The number of nitrogens with two attached hydrogens (primary N) is 2. The van der Waals surface area contributed by atoms with Crippen molar-refractivity contribution in [1.82, 2.24) is 4.90 Å². The molecule has 0 aromatic heterocycles. The summed E-state index contributed by atoms with van der Waals surface area (Å²) < 4.78 is 22.7. The number of carbonyl (C=O) groups excluding carboxylic acids is 1. The Hall–Kier alpha value is -1.06. The van der Waals surface area contributed by atoms with Gasteiger partial charge < -0.3 is 15.5 Å².